The van der Waals surface area contributed by atoms with E-state index < -0.39 is 0 Å². The van der Waals surface area contributed by atoms with E-state index in [9.17, 15) is 0 Å². The van der Waals surface area contributed by atoms with Crippen LogP contribution in [0.15, 0.2) is 5.38 Å². The molecule has 0 aromatic carbocycles. The molecule has 0 saturated carbocycles. The van der Waals surface area contributed by atoms with Gasteiger partial charge in [-0.2, -0.15) is 0 Å². The molecule has 0 fully saturated rings. The minimum absolute atomic E-state index is 0.180. The average molecular weight is 170 g/mol. The zero-order valence-electron chi connectivity index (χ0n) is 7.43. The molecule has 0 aliphatic carbocycles. The third kappa shape index (κ3) is 1.93. The number of rotatable bonds is 1. The summed E-state index contributed by atoms with van der Waals surface area (Å²) in [4.78, 5) is 4.41. The molecule has 0 saturated heterocycles. The first-order chi connectivity index (χ1) is 5.04. The van der Waals surface area contributed by atoms with Crippen molar-refractivity contribution in [3.8, 4) is 0 Å². The summed E-state index contributed by atoms with van der Waals surface area (Å²) in [6, 6.07) is 0. The van der Waals surface area contributed by atoms with Crippen LogP contribution in [0.1, 0.15) is 25.8 Å². The Labute approximate surface area is 71.7 Å². The van der Waals surface area contributed by atoms with Gasteiger partial charge in [-0.3, -0.25) is 0 Å². The van der Waals surface area contributed by atoms with E-state index in [4.69, 9.17) is 0 Å². The molecule has 1 aromatic rings. The van der Waals surface area contributed by atoms with E-state index in [0.717, 1.165) is 5.82 Å². The Morgan fingerprint density at radius 2 is 2.09 bits per heavy atom. The Kier molecular flexibility index (Phi) is 2.18. The Bertz CT molecular complexity index is 234. The maximum absolute atomic E-state index is 4.41. The summed E-state index contributed by atoms with van der Waals surface area (Å²) in [6.45, 7) is 6.52. The monoisotopic (exact) mass is 170 g/mol. The molecule has 1 N–H and O–H groups in total. The predicted octanol–water partition coefficient (Wildman–Crippen LogP) is 2.48. The fourth-order valence-corrected chi connectivity index (χ4v) is 1.63. The largest absolute Gasteiger partial charge is 0.372 e. The second-order valence-corrected chi connectivity index (χ2v) is 4.40. The van der Waals surface area contributed by atoms with Gasteiger partial charge >= 0.3 is 0 Å². The third-order valence-electron chi connectivity index (χ3n) is 1.40. The van der Waals surface area contributed by atoms with Crippen molar-refractivity contribution in [2.75, 3.05) is 12.4 Å². The first-order valence-electron chi connectivity index (χ1n) is 3.68. The van der Waals surface area contributed by atoms with Crippen LogP contribution in [0.3, 0.4) is 0 Å². The average Bonchev–Trinajstić information content (AvgIpc) is 2.32. The van der Waals surface area contributed by atoms with E-state index in [-0.39, 0.29) is 5.41 Å². The minimum atomic E-state index is 0.180. The van der Waals surface area contributed by atoms with E-state index >= 15 is 0 Å². The summed E-state index contributed by atoms with van der Waals surface area (Å²) < 4.78 is 0. The van der Waals surface area contributed by atoms with Crippen LogP contribution in [0.4, 0.5) is 5.82 Å². The highest BCUT2D eigenvalue weighted by Gasteiger charge is 2.17. The van der Waals surface area contributed by atoms with Gasteiger partial charge in [-0.15, -0.1) is 11.3 Å². The van der Waals surface area contributed by atoms with Crippen LogP contribution in [0, 0.1) is 0 Å². The maximum Gasteiger partial charge on any atom is 0.137 e. The van der Waals surface area contributed by atoms with Gasteiger partial charge in [-0.05, 0) is 0 Å². The second kappa shape index (κ2) is 2.81. The highest BCUT2D eigenvalue weighted by atomic mass is 32.1. The normalized spacial score (nSPS) is 11.6. The topological polar surface area (TPSA) is 24.9 Å². The van der Waals surface area contributed by atoms with Gasteiger partial charge in [0.25, 0.3) is 0 Å². The van der Waals surface area contributed by atoms with Gasteiger partial charge in [0.1, 0.15) is 10.8 Å². The van der Waals surface area contributed by atoms with Gasteiger partial charge in [0, 0.05) is 17.8 Å². The van der Waals surface area contributed by atoms with Crippen molar-refractivity contribution in [1.29, 1.82) is 0 Å². The van der Waals surface area contributed by atoms with Gasteiger partial charge in [0.2, 0.25) is 0 Å². The Hall–Kier alpha value is -0.570. The van der Waals surface area contributed by atoms with Crippen LogP contribution in [0.2, 0.25) is 0 Å². The van der Waals surface area contributed by atoms with E-state index in [0.29, 0.717) is 0 Å². The molecule has 3 heteroatoms. The summed E-state index contributed by atoms with van der Waals surface area (Å²) in [5.74, 6) is 0.972. The molecule has 11 heavy (non-hydrogen) atoms. The van der Waals surface area contributed by atoms with Crippen LogP contribution in [0.25, 0.3) is 0 Å². The van der Waals surface area contributed by atoms with Gasteiger partial charge in [-0.25, -0.2) is 4.98 Å². The summed E-state index contributed by atoms with van der Waals surface area (Å²) in [6.07, 6.45) is 0. The van der Waals surface area contributed by atoms with Crippen molar-refractivity contribution < 1.29 is 0 Å². The molecule has 0 radical (unpaired) electrons. The molecule has 0 spiro atoms. The number of thiazole rings is 1. The number of nitrogens with one attached hydrogen (secondary N) is 1. The first kappa shape index (κ1) is 8.53. The van der Waals surface area contributed by atoms with Crippen LogP contribution in [-0.4, -0.2) is 12.0 Å². The highest BCUT2D eigenvalue weighted by Crippen LogP contribution is 2.26. The van der Waals surface area contributed by atoms with Crippen LogP contribution in [-0.2, 0) is 5.41 Å². The van der Waals surface area contributed by atoms with Gasteiger partial charge in [0.15, 0.2) is 0 Å². The zero-order chi connectivity index (χ0) is 8.48. The molecule has 0 aliphatic rings. The second-order valence-electron chi connectivity index (χ2n) is 3.54. The van der Waals surface area contributed by atoms with Crippen molar-refractivity contribution in [3.63, 3.8) is 0 Å². The van der Waals surface area contributed by atoms with E-state index in [1.807, 2.05) is 12.4 Å². The first-order valence-corrected chi connectivity index (χ1v) is 4.56. The molecule has 0 bridgehead atoms. The quantitative estimate of drug-likeness (QED) is 0.700. The molecule has 62 valence electrons. The Balaban J connectivity index is 2.89. The lowest BCUT2D eigenvalue weighted by atomic mass is 9.98. The van der Waals surface area contributed by atoms with Crippen molar-refractivity contribution in [2.24, 2.45) is 0 Å². The smallest absolute Gasteiger partial charge is 0.137 e. The number of aromatic nitrogens is 1. The van der Waals surface area contributed by atoms with E-state index in [1.165, 1.54) is 5.01 Å². The Morgan fingerprint density at radius 1 is 1.45 bits per heavy atom. The third-order valence-corrected chi connectivity index (χ3v) is 2.67. The lowest BCUT2D eigenvalue weighted by Crippen LogP contribution is -2.10. The number of hydrogen-bond acceptors (Lipinski definition) is 3. The zero-order valence-corrected chi connectivity index (χ0v) is 8.25. The molecular formula is C8H14N2S. The summed E-state index contributed by atoms with van der Waals surface area (Å²) in [7, 11) is 1.89. The van der Waals surface area contributed by atoms with Gasteiger partial charge < -0.3 is 5.32 Å². The standard InChI is InChI=1S/C8H14N2S/c1-8(2,3)7-10-6(9-4)5-11-7/h5,9H,1-4H3. The lowest BCUT2D eigenvalue weighted by molar-refractivity contribution is 0.586. The predicted molar refractivity (Wildman–Crippen MR) is 50.4 cm³/mol. The fraction of sp³-hybridized carbons (Fsp3) is 0.625. The summed E-state index contributed by atoms with van der Waals surface area (Å²) >= 11 is 1.71. The molecule has 1 heterocycles. The molecule has 0 aliphatic heterocycles. The molecule has 1 aromatic heterocycles. The molecule has 0 amide bonds. The van der Waals surface area contributed by atoms with Gasteiger partial charge in [0.05, 0.1) is 0 Å². The van der Waals surface area contributed by atoms with Crippen molar-refractivity contribution >= 4 is 17.2 Å². The summed E-state index contributed by atoms with van der Waals surface area (Å²) in [5, 5.41) is 6.24. The molecule has 0 atom stereocenters. The molecule has 1 rings (SSSR count). The Morgan fingerprint density at radius 3 is 2.36 bits per heavy atom. The highest BCUT2D eigenvalue weighted by molar-refractivity contribution is 7.10. The van der Waals surface area contributed by atoms with Gasteiger partial charge in [-0.1, -0.05) is 20.8 Å². The van der Waals surface area contributed by atoms with E-state index in [2.05, 4.69) is 31.1 Å². The van der Waals surface area contributed by atoms with Crippen molar-refractivity contribution in [3.05, 3.63) is 10.4 Å². The van der Waals surface area contributed by atoms with Crippen LogP contribution < -0.4 is 5.32 Å². The number of hydrogen-bond donors (Lipinski definition) is 1. The van der Waals surface area contributed by atoms with E-state index in [1.54, 1.807) is 11.3 Å². The minimum Gasteiger partial charge on any atom is -0.372 e. The SMILES string of the molecule is CNc1csc(C(C)(C)C)n1. The maximum atomic E-state index is 4.41. The van der Waals surface area contributed by atoms with Crippen molar-refractivity contribution in [2.45, 2.75) is 26.2 Å². The number of anilines is 1. The number of nitrogens with zero attached hydrogens (tertiary/aromatic N) is 1. The molecular weight excluding hydrogens is 156 g/mol. The molecule has 0 unspecified atom stereocenters. The van der Waals surface area contributed by atoms with Crippen LogP contribution in [0.5, 0.6) is 0 Å². The fourth-order valence-electron chi connectivity index (χ4n) is 0.733. The summed E-state index contributed by atoms with van der Waals surface area (Å²) in [5.41, 5.74) is 0.180. The lowest BCUT2D eigenvalue weighted by Gasteiger charge is -2.13. The van der Waals surface area contributed by atoms with Crippen LogP contribution >= 0.6 is 11.3 Å². The molecule has 2 nitrogen and oxygen atoms in total. The van der Waals surface area contributed by atoms with Crippen molar-refractivity contribution in [1.82, 2.24) is 4.98 Å².